The van der Waals surface area contributed by atoms with Gasteiger partial charge >= 0.3 is 0 Å². The van der Waals surface area contributed by atoms with Crippen molar-refractivity contribution in [3.8, 4) is 11.6 Å². The van der Waals surface area contributed by atoms with E-state index >= 15 is 0 Å². The molecule has 1 aliphatic heterocycles. The van der Waals surface area contributed by atoms with Gasteiger partial charge in [-0.2, -0.15) is 0 Å². The summed E-state index contributed by atoms with van der Waals surface area (Å²) in [5, 5.41) is 6.01. The molecule has 1 aromatic carbocycles. The first-order chi connectivity index (χ1) is 20.8. The number of hydrogen-bond donors (Lipinski definition) is 3. The van der Waals surface area contributed by atoms with Gasteiger partial charge < -0.3 is 25.0 Å². The van der Waals surface area contributed by atoms with Crippen molar-refractivity contribution in [1.82, 2.24) is 25.2 Å². The molecule has 2 aromatic rings. The zero-order chi connectivity index (χ0) is 32.2. The summed E-state index contributed by atoms with van der Waals surface area (Å²) in [6.45, 7) is 9.88. The SMILES string of the molecule is C=CC[C@](C)(NC(=O)[C@@H]1C[C@@H](Oc2nccc3cc(OC)ccc23)CN1C(=O)[C@@H](C)NC(=O)C=C)C(=O)NS(=O)(=O)C1CC1. The summed E-state index contributed by atoms with van der Waals surface area (Å²) in [6, 6.07) is 5.04. The Bertz CT molecular complexity index is 1590. The Hall–Kier alpha value is -4.46. The number of aromatic nitrogens is 1. The van der Waals surface area contributed by atoms with E-state index in [0.717, 1.165) is 11.5 Å². The summed E-state index contributed by atoms with van der Waals surface area (Å²) in [5.41, 5.74) is -1.69. The fourth-order valence-corrected chi connectivity index (χ4v) is 6.42. The van der Waals surface area contributed by atoms with Gasteiger partial charge in [0.05, 0.1) is 18.9 Å². The maximum absolute atomic E-state index is 13.8. The second-order valence-electron chi connectivity index (χ2n) is 11.1. The second-order valence-corrected chi connectivity index (χ2v) is 13.1. The molecule has 1 saturated heterocycles. The second kappa shape index (κ2) is 13.0. The van der Waals surface area contributed by atoms with Crippen LogP contribution in [0.5, 0.6) is 11.6 Å². The van der Waals surface area contributed by atoms with Gasteiger partial charge in [-0.05, 0) is 68.8 Å². The van der Waals surface area contributed by atoms with Crippen LogP contribution in [0.4, 0.5) is 0 Å². The van der Waals surface area contributed by atoms with E-state index in [1.165, 1.54) is 24.8 Å². The molecular weight excluding hydrogens is 590 g/mol. The van der Waals surface area contributed by atoms with Crippen LogP contribution in [0.1, 0.15) is 39.5 Å². The summed E-state index contributed by atoms with van der Waals surface area (Å²) in [7, 11) is -2.33. The van der Waals surface area contributed by atoms with E-state index in [9.17, 15) is 27.6 Å². The average Bonchev–Trinajstić information content (AvgIpc) is 3.77. The van der Waals surface area contributed by atoms with Crippen molar-refractivity contribution in [2.45, 2.75) is 68.5 Å². The molecular formula is C30H37N5O8S. The van der Waals surface area contributed by atoms with Gasteiger partial charge in [-0.15, -0.1) is 6.58 Å². The third kappa shape index (κ3) is 7.18. The summed E-state index contributed by atoms with van der Waals surface area (Å²) < 4.78 is 38.6. The van der Waals surface area contributed by atoms with Crippen molar-refractivity contribution in [3.05, 3.63) is 55.8 Å². The molecule has 0 bridgehead atoms. The van der Waals surface area contributed by atoms with Gasteiger partial charge in [0, 0.05) is 18.0 Å². The van der Waals surface area contributed by atoms with Gasteiger partial charge in [0.25, 0.3) is 5.91 Å². The van der Waals surface area contributed by atoms with E-state index in [1.807, 2.05) is 6.07 Å². The fraction of sp³-hybridized carbons (Fsp3) is 0.433. The normalized spacial score (nSPS) is 20.1. The summed E-state index contributed by atoms with van der Waals surface area (Å²) >= 11 is 0. The molecule has 4 amide bonds. The van der Waals surface area contributed by atoms with Crippen molar-refractivity contribution < 1.29 is 37.1 Å². The Kier molecular flexibility index (Phi) is 9.62. The first-order valence-electron chi connectivity index (χ1n) is 14.1. The van der Waals surface area contributed by atoms with Crippen LogP contribution in [0.15, 0.2) is 55.8 Å². The quantitative estimate of drug-likeness (QED) is 0.219. The molecule has 4 rings (SSSR count). The molecule has 0 radical (unpaired) electrons. The molecule has 1 aromatic heterocycles. The molecule has 4 atom stereocenters. The van der Waals surface area contributed by atoms with E-state index in [0.29, 0.717) is 24.0 Å². The summed E-state index contributed by atoms with van der Waals surface area (Å²) in [6.07, 6.45) is 4.15. The van der Waals surface area contributed by atoms with Crippen molar-refractivity contribution in [1.29, 1.82) is 0 Å². The number of rotatable bonds is 13. The smallest absolute Gasteiger partial charge is 0.259 e. The molecule has 2 heterocycles. The molecule has 0 spiro atoms. The number of nitrogens with zero attached hydrogens (tertiary/aromatic N) is 2. The number of hydrogen-bond acceptors (Lipinski definition) is 9. The van der Waals surface area contributed by atoms with Crippen LogP contribution in [-0.4, -0.2) is 84.6 Å². The number of carbonyl (C=O) groups is 4. The van der Waals surface area contributed by atoms with Crippen LogP contribution in [0.25, 0.3) is 10.8 Å². The Morgan fingerprint density at radius 3 is 2.57 bits per heavy atom. The van der Waals surface area contributed by atoms with E-state index < -0.39 is 62.6 Å². The van der Waals surface area contributed by atoms with E-state index in [-0.39, 0.29) is 25.3 Å². The van der Waals surface area contributed by atoms with Gasteiger partial charge in [0.1, 0.15) is 29.5 Å². The maximum atomic E-state index is 13.8. The van der Waals surface area contributed by atoms with E-state index in [2.05, 4.69) is 33.5 Å². The molecule has 3 N–H and O–H groups in total. The predicted octanol–water partition coefficient (Wildman–Crippen LogP) is 1.34. The number of benzene rings is 1. The molecule has 0 unspecified atom stereocenters. The third-order valence-electron chi connectivity index (χ3n) is 7.63. The monoisotopic (exact) mass is 627 g/mol. The molecule has 14 heteroatoms. The minimum atomic E-state index is -3.89. The average molecular weight is 628 g/mol. The molecule has 44 heavy (non-hydrogen) atoms. The van der Waals surface area contributed by atoms with Crippen LogP contribution < -0.4 is 24.8 Å². The molecule has 1 aliphatic carbocycles. The Morgan fingerprint density at radius 2 is 1.93 bits per heavy atom. The molecule has 236 valence electrons. The lowest BCUT2D eigenvalue weighted by Crippen LogP contribution is -2.61. The van der Waals surface area contributed by atoms with Crippen molar-refractivity contribution >= 4 is 44.4 Å². The maximum Gasteiger partial charge on any atom is 0.259 e. The number of ether oxygens (including phenoxy) is 2. The minimum absolute atomic E-state index is 0.0279. The lowest BCUT2D eigenvalue weighted by Gasteiger charge is -2.32. The zero-order valence-corrected chi connectivity index (χ0v) is 25.7. The number of amides is 4. The van der Waals surface area contributed by atoms with E-state index in [4.69, 9.17) is 9.47 Å². The van der Waals surface area contributed by atoms with Crippen LogP contribution in [0, 0.1) is 0 Å². The van der Waals surface area contributed by atoms with Crippen molar-refractivity contribution in [2.24, 2.45) is 0 Å². The minimum Gasteiger partial charge on any atom is -0.497 e. The predicted molar refractivity (Wildman–Crippen MR) is 162 cm³/mol. The number of fused-ring (bicyclic) bond motifs is 1. The lowest BCUT2D eigenvalue weighted by atomic mass is 9.96. The Balaban J connectivity index is 1.59. The largest absolute Gasteiger partial charge is 0.497 e. The first-order valence-corrected chi connectivity index (χ1v) is 15.7. The number of carbonyl (C=O) groups excluding carboxylic acids is 4. The molecule has 1 saturated carbocycles. The van der Waals surface area contributed by atoms with Gasteiger partial charge in [0.15, 0.2) is 0 Å². The van der Waals surface area contributed by atoms with Crippen LogP contribution >= 0.6 is 0 Å². The van der Waals surface area contributed by atoms with Gasteiger partial charge in [0.2, 0.25) is 33.6 Å². The Labute approximate surface area is 256 Å². The molecule has 2 aliphatic rings. The van der Waals surface area contributed by atoms with Crippen LogP contribution in [-0.2, 0) is 29.2 Å². The van der Waals surface area contributed by atoms with Crippen LogP contribution in [0.2, 0.25) is 0 Å². The number of likely N-dealkylation sites (tertiary alicyclic amines) is 1. The van der Waals surface area contributed by atoms with E-state index in [1.54, 1.807) is 31.5 Å². The first kappa shape index (κ1) is 32.5. The highest BCUT2D eigenvalue weighted by atomic mass is 32.2. The highest BCUT2D eigenvalue weighted by Crippen LogP contribution is 2.31. The fourth-order valence-electron chi connectivity index (χ4n) is 5.01. The topological polar surface area (TPSA) is 173 Å². The highest BCUT2D eigenvalue weighted by Gasteiger charge is 2.46. The number of pyridine rings is 1. The van der Waals surface area contributed by atoms with Crippen LogP contribution in [0.3, 0.4) is 0 Å². The third-order valence-corrected chi connectivity index (χ3v) is 9.45. The highest BCUT2D eigenvalue weighted by molar-refractivity contribution is 7.90. The van der Waals surface area contributed by atoms with Crippen molar-refractivity contribution in [2.75, 3.05) is 13.7 Å². The summed E-state index contributed by atoms with van der Waals surface area (Å²) in [5.74, 6) is -1.81. The molecule has 13 nitrogen and oxygen atoms in total. The van der Waals surface area contributed by atoms with Crippen molar-refractivity contribution in [3.63, 3.8) is 0 Å². The zero-order valence-electron chi connectivity index (χ0n) is 24.9. The number of methoxy groups -OCH3 is 1. The standard InChI is InChI=1S/C30H37N5O8S/c1-6-13-30(4,29(39)34-44(40,41)22-9-10-22)33-26(37)24-16-21(17-35(24)28(38)18(3)32-25(36)7-2)43-27-23-11-8-20(42-5)15-19(23)12-14-31-27/h6-8,11-12,14-15,18,21-22,24H,1-2,9-10,13,16-17H2,3-5H3,(H,32,36)(H,33,37)(H,34,39)/t18-,21-,24+,30+/m1/s1. The van der Waals surface area contributed by atoms with Gasteiger partial charge in [-0.1, -0.05) is 12.7 Å². The Morgan fingerprint density at radius 1 is 1.20 bits per heavy atom. The summed E-state index contributed by atoms with van der Waals surface area (Å²) in [4.78, 5) is 58.0. The lowest BCUT2D eigenvalue weighted by molar-refractivity contribution is -0.142. The molecule has 2 fully saturated rings. The number of nitrogens with one attached hydrogen (secondary N) is 3. The van der Waals surface area contributed by atoms with Gasteiger partial charge in [-0.25, -0.2) is 13.4 Å². The number of sulfonamides is 1. The van der Waals surface area contributed by atoms with Gasteiger partial charge in [-0.3, -0.25) is 23.9 Å².